The van der Waals surface area contributed by atoms with Gasteiger partial charge in [0, 0.05) is 24.3 Å². The van der Waals surface area contributed by atoms with Gasteiger partial charge in [-0.3, -0.25) is 4.79 Å². The van der Waals surface area contributed by atoms with Crippen LogP contribution < -0.4 is 10.1 Å². The molecule has 0 saturated carbocycles. The molecule has 0 aromatic heterocycles. The van der Waals surface area contributed by atoms with Gasteiger partial charge in [0.2, 0.25) is 5.91 Å². The predicted molar refractivity (Wildman–Crippen MR) is 115 cm³/mol. The molecule has 1 aromatic rings. The first-order valence-electron chi connectivity index (χ1n) is 9.32. The van der Waals surface area contributed by atoms with E-state index in [9.17, 15) is 13.2 Å². The molecule has 1 aromatic carbocycles. The Bertz CT molecular complexity index is 815. The molecule has 1 amide bonds. The van der Waals surface area contributed by atoms with E-state index in [4.69, 9.17) is 4.74 Å². The third-order valence-corrected chi connectivity index (χ3v) is 4.51. The van der Waals surface area contributed by atoms with Gasteiger partial charge in [0.1, 0.15) is 12.4 Å². The summed E-state index contributed by atoms with van der Waals surface area (Å²) >= 11 is 0. The molecule has 0 spiro atoms. The van der Waals surface area contributed by atoms with Crippen molar-refractivity contribution in [1.29, 1.82) is 0 Å². The lowest BCUT2D eigenvalue weighted by Gasteiger charge is -2.07. The number of nitrogens with one attached hydrogen (secondary N) is 1. The minimum Gasteiger partial charge on any atom is -0.490 e. The molecule has 0 unspecified atom stereocenters. The number of hydrogen-bond acceptors (Lipinski definition) is 4. The van der Waals surface area contributed by atoms with E-state index in [0.29, 0.717) is 19.6 Å². The normalized spacial score (nSPS) is 12.1. The molecule has 6 heteroatoms. The summed E-state index contributed by atoms with van der Waals surface area (Å²) in [5.41, 5.74) is 3.72. The molecule has 1 N–H and O–H groups in total. The molecule has 0 bridgehead atoms. The number of allylic oxidation sites excluding steroid dienone is 3. The van der Waals surface area contributed by atoms with Crippen LogP contribution in [0.25, 0.3) is 0 Å². The maximum atomic E-state index is 11.5. The molecule has 154 valence electrons. The fourth-order valence-corrected chi connectivity index (χ4v) is 2.67. The highest BCUT2D eigenvalue weighted by atomic mass is 32.2. The Morgan fingerprint density at radius 2 is 1.79 bits per heavy atom. The minimum atomic E-state index is -3.28. The zero-order valence-electron chi connectivity index (χ0n) is 17.2. The van der Waals surface area contributed by atoms with Crippen molar-refractivity contribution in [2.75, 3.05) is 19.4 Å². The molecule has 28 heavy (non-hydrogen) atoms. The zero-order valence-corrected chi connectivity index (χ0v) is 18.0. The SMILES string of the molecule is CC(C)=CCC/C(C)=C/COc1ccc(CCNC(=O)/C=C/S(C)(=O)=O)cc1. The van der Waals surface area contributed by atoms with E-state index in [-0.39, 0.29) is 0 Å². The standard InChI is InChI=1S/C22H31NO4S/c1-18(2)6-5-7-19(3)13-16-27-21-10-8-20(9-11-21)12-15-23-22(24)14-17-28(4,25)26/h6,8-11,13-14,17H,5,7,12,15-16H2,1-4H3,(H,23,24)/b17-14+,19-13+. The molecule has 0 aliphatic heterocycles. The van der Waals surface area contributed by atoms with E-state index in [0.717, 1.165) is 41.9 Å². The summed E-state index contributed by atoms with van der Waals surface area (Å²) in [6, 6.07) is 7.73. The van der Waals surface area contributed by atoms with Gasteiger partial charge in [-0.2, -0.15) is 0 Å². The summed E-state index contributed by atoms with van der Waals surface area (Å²) in [5, 5.41) is 3.55. The highest BCUT2D eigenvalue weighted by molar-refractivity contribution is 7.93. The van der Waals surface area contributed by atoms with Crippen LogP contribution in [-0.4, -0.2) is 33.7 Å². The number of rotatable bonds is 11. The van der Waals surface area contributed by atoms with Crippen LogP contribution in [0.2, 0.25) is 0 Å². The van der Waals surface area contributed by atoms with Crippen LogP contribution in [-0.2, 0) is 21.1 Å². The van der Waals surface area contributed by atoms with Crippen molar-refractivity contribution in [3.63, 3.8) is 0 Å². The average Bonchev–Trinajstić information content (AvgIpc) is 2.60. The minimum absolute atomic E-state index is 0.419. The highest BCUT2D eigenvalue weighted by Crippen LogP contribution is 2.13. The lowest BCUT2D eigenvalue weighted by atomic mass is 10.1. The Labute approximate surface area is 169 Å². The first-order valence-corrected chi connectivity index (χ1v) is 11.3. The van der Waals surface area contributed by atoms with E-state index in [1.165, 1.54) is 11.1 Å². The van der Waals surface area contributed by atoms with Gasteiger partial charge in [0.05, 0.1) is 0 Å². The summed E-state index contributed by atoms with van der Waals surface area (Å²) < 4.78 is 27.7. The van der Waals surface area contributed by atoms with E-state index in [1.54, 1.807) is 0 Å². The van der Waals surface area contributed by atoms with Crippen LogP contribution in [0, 0.1) is 0 Å². The van der Waals surface area contributed by atoms with Crippen molar-refractivity contribution >= 4 is 15.7 Å². The van der Waals surface area contributed by atoms with E-state index < -0.39 is 15.7 Å². The summed E-state index contributed by atoms with van der Waals surface area (Å²) in [4.78, 5) is 11.5. The smallest absolute Gasteiger partial charge is 0.244 e. The van der Waals surface area contributed by atoms with Gasteiger partial charge in [0.15, 0.2) is 9.84 Å². The fraction of sp³-hybridized carbons (Fsp3) is 0.409. The van der Waals surface area contributed by atoms with E-state index in [1.807, 2.05) is 24.3 Å². The van der Waals surface area contributed by atoms with E-state index >= 15 is 0 Å². The van der Waals surface area contributed by atoms with Crippen molar-refractivity contribution in [2.45, 2.75) is 40.0 Å². The van der Waals surface area contributed by atoms with Gasteiger partial charge in [-0.25, -0.2) is 8.42 Å². The zero-order chi connectivity index (χ0) is 21.0. The van der Waals surface area contributed by atoms with Crippen LogP contribution >= 0.6 is 0 Å². The molecular weight excluding hydrogens is 374 g/mol. The second kappa shape index (κ2) is 12.2. The van der Waals surface area contributed by atoms with Gasteiger partial charge in [-0.1, -0.05) is 29.4 Å². The first kappa shape index (κ1) is 23.7. The van der Waals surface area contributed by atoms with Crippen LogP contribution in [0.5, 0.6) is 5.75 Å². The largest absolute Gasteiger partial charge is 0.490 e. The summed E-state index contributed by atoms with van der Waals surface area (Å²) in [6.07, 6.45) is 9.16. The maximum Gasteiger partial charge on any atom is 0.244 e. The van der Waals surface area contributed by atoms with Gasteiger partial charge in [0.25, 0.3) is 0 Å². The van der Waals surface area contributed by atoms with Crippen molar-refractivity contribution in [3.05, 3.63) is 64.6 Å². The Balaban J connectivity index is 2.34. The highest BCUT2D eigenvalue weighted by Gasteiger charge is 2.00. The van der Waals surface area contributed by atoms with Gasteiger partial charge in [-0.15, -0.1) is 0 Å². The molecule has 0 fully saturated rings. The molecule has 0 radical (unpaired) electrons. The van der Waals surface area contributed by atoms with Crippen molar-refractivity contribution in [1.82, 2.24) is 5.32 Å². The maximum absolute atomic E-state index is 11.5. The second-order valence-electron chi connectivity index (χ2n) is 7.00. The first-order chi connectivity index (χ1) is 13.2. The third kappa shape index (κ3) is 12.1. The number of sulfone groups is 1. The van der Waals surface area contributed by atoms with Crippen LogP contribution in [0.4, 0.5) is 0 Å². The monoisotopic (exact) mass is 405 g/mol. The van der Waals surface area contributed by atoms with Crippen LogP contribution in [0.3, 0.4) is 0 Å². The molecule has 5 nitrogen and oxygen atoms in total. The van der Waals surface area contributed by atoms with Crippen molar-refractivity contribution < 1.29 is 17.9 Å². The molecule has 1 rings (SSSR count). The fourth-order valence-electron chi connectivity index (χ4n) is 2.30. The molecule has 0 aliphatic carbocycles. The van der Waals surface area contributed by atoms with Gasteiger partial charge >= 0.3 is 0 Å². The molecule has 0 atom stereocenters. The quantitative estimate of drug-likeness (QED) is 0.446. The lowest BCUT2D eigenvalue weighted by Crippen LogP contribution is -2.23. The number of ether oxygens (including phenoxy) is 1. The molecule has 0 heterocycles. The summed E-state index contributed by atoms with van der Waals surface area (Å²) in [7, 11) is -3.28. The Hall–Kier alpha value is -2.34. The van der Waals surface area contributed by atoms with Crippen LogP contribution in [0.1, 0.15) is 39.2 Å². The average molecular weight is 406 g/mol. The molecule has 0 aliphatic rings. The molecule has 0 saturated heterocycles. The molecular formula is C22H31NO4S. The summed E-state index contributed by atoms with van der Waals surface area (Å²) in [5.74, 6) is 0.384. The van der Waals surface area contributed by atoms with Gasteiger partial charge in [-0.05, 0) is 63.8 Å². The second-order valence-corrected chi connectivity index (χ2v) is 8.93. The summed E-state index contributed by atoms with van der Waals surface area (Å²) in [6.45, 7) is 7.31. The predicted octanol–water partition coefficient (Wildman–Crippen LogP) is 3.98. The Morgan fingerprint density at radius 1 is 1.11 bits per heavy atom. The van der Waals surface area contributed by atoms with Crippen molar-refractivity contribution in [3.8, 4) is 5.75 Å². The van der Waals surface area contributed by atoms with E-state index in [2.05, 4.69) is 38.2 Å². The Morgan fingerprint density at radius 3 is 2.39 bits per heavy atom. The number of amides is 1. The van der Waals surface area contributed by atoms with Gasteiger partial charge < -0.3 is 10.1 Å². The van der Waals surface area contributed by atoms with Crippen molar-refractivity contribution in [2.24, 2.45) is 0 Å². The number of benzene rings is 1. The number of carbonyl (C=O) groups is 1. The number of hydrogen-bond donors (Lipinski definition) is 1. The lowest BCUT2D eigenvalue weighted by molar-refractivity contribution is -0.116. The third-order valence-electron chi connectivity index (χ3n) is 3.88. The Kier molecular flexibility index (Phi) is 10.3. The van der Waals surface area contributed by atoms with Crippen LogP contribution in [0.15, 0.2) is 59.0 Å². The number of carbonyl (C=O) groups excluding carboxylic acids is 1. The topological polar surface area (TPSA) is 72.5 Å².